The lowest BCUT2D eigenvalue weighted by atomic mass is 9.95. The number of hydrogen-bond donors (Lipinski definition) is 1. The van der Waals surface area contributed by atoms with Gasteiger partial charge in [0.05, 0.1) is 41.7 Å². The van der Waals surface area contributed by atoms with Crippen LogP contribution in [0.2, 0.25) is 5.02 Å². The molecule has 0 aliphatic carbocycles. The maximum atomic E-state index is 13.7. The molecule has 0 saturated carbocycles. The number of benzene rings is 3. The van der Waals surface area contributed by atoms with Gasteiger partial charge in [-0.15, -0.1) is 0 Å². The summed E-state index contributed by atoms with van der Waals surface area (Å²) in [5.74, 6) is -0.234. The normalized spacial score (nSPS) is 16.3. The highest BCUT2D eigenvalue weighted by Gasteiger charge is 2.48. The number of aliphatic hydroxyl groups is 1. The zero-order valence-corrected chi connectivity index (χ0v) is 25.1. The number of carbonyl (C=O) groups excluding carboxylic acids is 2. The number of carbonyl (C=O) groups is 2. The fourth-order valence-corrected chi connectivity index (χ4v) is 5.98. The van der Waals surface area contributed by atoms with E-state index in [0.29, 0.717) is 63.9 Å². The van der Waals surface area contributed by atoms with E-state index < -0.39 is 17.7 Å². The molecule has 3 aromatic carbocycles. The van der Waals surface area contributed by atoms with Gasteiger partial charge < -0.3 is 19.3 Å². The fourth-order valence-electron chi connectivity index (χ4n) is 4.71. The Labute approximate surface area is 253 Å². The van der Waals surface area contributed by atoms with Crippen molar-refractivity contribution in [2.45, 2.75) is 39.7 Å². The van der Waals surface area contributed by atoms with Crippen molar-refractivity contribution in [1.82, 2.24) is 4.98 Å². The van der Waals surface area contributed by atoms with Crippen LogP contribution < -0.4 is 19.1 Å². The second-order valence-corrected chi connectivity index (χ2v) is 11.1. The van der Waals surface area contributed by atoms with Crippen LogP contribution in [0.3, 0.4) is 0 Å². The third-order valence-electron chi connectivity index (χ3n) is 6.64. The van der Waals surface area contributed by atoms with Crippen LogP contribution in [-0.4, -0.2) is 41.6 Å². The van der Waals surface area contributed by atoms with Gasteiger partial charge in [-0.25, -0.2) is 4.98 Å². The molecule has 1 aliphatic heterocycles. The quantitative estimate of drug-likeness (QED) is 0.107. The van der Waals surface area contributed by atoms with Gasteiger partial charge in [0.2, 0.25) is 0 Å². The monoisotopic (exact) mass is 606 g/mol. The van der Waals surface area contributed by atoms with Crippen LogP contribution in [0.1, 0.15) is 50.8 Å². The zero-order chi connectivity index (χ0) is 29.8. The van der Waals surface area contributed by atoms with Crippen molar-refractivity contribution in [2.75, 3.05) is 24.7 Å². The van der Waals surface area contributed by atoms with Crippen molar-refractivity contribution in [2.24, 2.45) is 0 Å². The number of nitrogens with zero attached hydrogens (tertiary/aromatic N) is 2. The molecule has 1 amide bonds. The number of anilines is 1. The maximum Gasteiger partial charge on any atom is 0.301 e. The Balaban J connectivity index is 1.67. The van der Waals surface area contributed by atoms with Gasteiger partial charge in [-0.2, -0.15) is 0 Å². The highest BCUT2D eigenvalue weighted by atomic mass is 35.5. The van der Waals surface area contributed by atoms with Gasteiger partial charge in [0.15, 0.2) is 16.6 Å². The molecule has 1 aliphatic rings. The number of rotatable bonds is 11. The van der Waals surface area contributed by atoms with E-state index in [9.17, 15) is 14.7 Å². The van der Waals surface area contributed by atoms with Crippen LogP contribution in [0.4, 0.5) is 5.13 Å². The first-order valence-electron chi connectivity index (χ1n) is 13.9. The number of aliphatic hydroxyl groups excluding tert-OH is 1. The summed E-state index contributed by atoms with van der Waals surface area (Å²) in [6, 6.07) is 16.3. The predicted molar refractivity (Wildman–Crippen MR) is 165 cm³/mol. The van der Waals surface area contributed by atoms with E-state index in [1.54, 1.807) is 60.7 Å². The fraction of sp³-hybridized carbons (Fsp3) is 0.281. The number of thiazole rings is 1. The second kappa shape index (κ2) is 12.8. The van der Waals surface area contributed by atoms with Crippen LogP contribution in [0, 0.1) is 0 Å². The Morgan fingerprint density at radius 2 is 1.67 bits per heavy atom. The largest absolute Gasteiger partial charge is 0.507 e. The number of hydrogen-bond acceptors (Lipinski definition) is 8. The summed E-state index contributed by atoms with van der Waals surface area (Å²) >= 11 is 7.44. The van der Waals surface area contributed by atoms with Gasteiger partial charge in [-0.3, -0.25) is 14.5 Å². The summed E-state index contributed by atoms with van der Waals surface area (Å²) in [6.45, 7) is 7.34. The predicted octanol–water partition coefficient (Wildman–Crippen LogP) is 7.55. The van der Waals surface area contributed by atoms with Crippen LogP contribution in [0.25, 0.3) is 16.0 Å². The lowest BCUT2D eigenvalue weighted by Gasteiger charge is -2.24. The number of aromatic nitrogens is 1. The van der Waals surface area contributed by atoms with Gasteiger partial charge in [0.1, 0.15) is 11.5 Å². The number of ether oxygens (including phenoxy) is 3. The van der Waals surface area contributed by atoms with E-state index >= 15 is 0 Å². The van der Waals surface area contributed by atoms with Gasteiger partial charge >= 0.3 is 5.91 Å². The van der Waals surface area contributed by atoms with Gasteiger partial charge in [0.25, 0.3) is 5.78 Å². The van der Waals surface area contributed by atoms with Crippen molar-refractivity contribution in [1.29, 1.82) is 0 Å². The molecule has 0 spiro atoms. The minimum absolute atomic E-state index is 0.0517. The molecular formula is C32H31ClN2O6S. The lowest BCUT2D eigenvalue weighted by Crippen LogP contribution is -2.29. The molecule has 4 aromatic rings. The minimum Gasteiger partial charge on any atom is -0.507 e. The first kappa shape index (κ1) is 29.4. The minimum atomic E-state index is -0.975. The smallest absolute Gasteiger partial charge is 0.301 e. The van der Waals surface area contributed by atoms with Crippen LogP contribution in [0.15, 0.2) is 66.2 Å². The molecule has 10 heteroatoms. The average Bonchev–Trinajstić information content (AvgIpc) is 3.52. The molecule has 1 unspecified atom stereocenters. The van der Waals surface area contributed by atoms with Crippen molar-refractivity contribution < 1.29 is 28.9 Å². The van der Waals surface area contributed by atoms with Gasteiger partial charge in [-0.1, -0.05) is 42.9 Å². The molecule has 8 nitrogen and oxygen atoms in total. The molecule has 0 radical (unpaired) electrons. The SMILES string of the molecule is CCCOc1ccc(C(O)=C2C(=O)C(=O)N(c3nc4ccc(Cl)cc4s3)C2c2ccc(OCCC)c(OCC)c2)cc1. The van der Waals surface area contributed by atoms with E-state index in [1.165, 1.54) is 16.2 Å². The summed E-state index contributed by atoms with van der Waals surface area (Å²) in [4.78, 5) is 33.3. The number of ketones is 1. The Morgan fingerprint density at radius 1 is 0.929 bits per heavy atom. The molecule has 1 fully saturated rings. The highest BCUT2D eigenvalue weighted by Crippen LogP contribution is 2.46. The van der Waals surface area contributed by atoms with E-state index in [0.717, 1.165) is 17.5 Å². The molecule has 1 atom stereocenters. The van der Waals surface area contributed by atoms with Crippen molar-refractivity contribution in [3.8, 4) is 17.2 Å². The maximum absolute atomic E-state index is 13.7. The van der Waals surface area contributed by atoms with E-state index in [2.05, 4.69) is 4.98 Å². The molecule has 0 bridgehead atoms. The zero-order valence-electron chi connectivity index (χ0n) is 23.6. The van der Waals surface area contributed by atoms with E-state index in [4.69, 9.17) is 25.8 Å². The lowest BCUT2D eigenvalue weighted by molar-refractivity contribution is -0.132. The van der Waals surface area contributed by atoms with Crippen LogP contribution in [0.5, 0.6) is 17.2 Å². The Kier molecular flexibility index (Phi) is 8.99. The van der Waals surface area contributed by atoms with Crippen molar-refractivity contribution in [3.63, 3.8) is 0 Å². The number of Topliss-reactive ketones (excluding diaryl/α,β-unsaturated/α-hetero) is 1. The van der Waals surface area contributed by atoms with Crippen LogP contribution >= 0.6 is 22.9 Å². The average molecular weight is 607 g/mol. The molecule has 42 heavy (non-hydrogen) atoms. The van der Waals surface area contributed by atoms with E-state index in [-0.39, 0.29) is 11.3 Å². The first-order valence-corrected chi connectivity index (χ1v) is 15.1. The third kappa shape index (κ3) is 5.80. The third-order valence-corrected chi connectivity index (χ3v) is 7.89. The molecular weight excluding hydrogens is 576 g/mol. The molecule has 1 saturated heterocycles. The summed E-state index contributed by atoms with van der Waals surface area (Å²) in [7, 11) is 0. The first-order chi connectivity index (χ1) is 20.4. The standard InChI is InChI=1S/C32H31ClN2O6S/c1-4-15-40-22-11-7-19(8-12-22)29(36)27-28(20-9-14-24(41-16-5-2)25(17-20)39-6-3)35(31(38)30(27)37)32-34-23-13-10-21(33)18-26(23)42-32/h7-14,17-18,28,36H,4-6,15-16H2,1-3H3. The topological polar surface area (TPSA) is 98.2 Å². The summed E-state index contributed by atoms with van der Waals surface area (Å²) in [5, 5.41) is 12.4. The Hall–Kier alpha value is -4.08. The number of fused-ring (bicyclic) bond motifs is 1. The summed E-state index contributed by atoms with van der Waals surface area (Å²) in [5.41, 5.74) is 1.53. The molecule has 2 heterocycles. The summed E-state index contributed by atoms with van der Waals surface area (Å²) in [6.07, 6.45) is 1.67. The van der Waals surface area contributed by atoms with Gasteiger partial charge in [0, 0.05) is 10.6 Å². The van der Waals surface area contributed by atoms with Gasteiger partial charge in [-0.05, 0) is 79.9 Å². The van der Waals surface area contributed by atoms with E-state index in [1.807, 2.05) is 20.8 Å². The Morgan fingerprint density at radius 3 is 2.38 bits per heavy atom. The van der Waals surface area contributed by atoms with Crippen molar-refractivity contribution >= 4 is 55.7 Å². The number of halogens is 1. The van der Waals surface area contributed by atoms with Crippen molar-refractivity contribution in [3.05, 3.63) is 82.4 Å². The molecule has 1 N–H and O–H groups in total. The Bertz CT molecular complexity index is 1650. The highest BCUT2D eigenvalue weighted by molar-refractivity contribution is 7.22. The van der Waals surface area contributed by atoms with Crippen LogP contribution in [-0.2, 0) is 9.59 Å². The number of amides is 1. The molecule has 5 rings (SSSR count). The molecule has 218 valence electrons. The molecule has 1 aromatic heterocycles. The second-order valence-electron chi connectivity index (χ2n) is 9.64. The summed E-state index contributed by atoms with van der Waals surface area (Å²) < 4.78 is 18.2.